The fourth-order valence-corrected chi connectivity index (χ4v) is 2.43. The van der Waals surface area contributed by atoms with Crippen molar-refractivity contribution in [3.63, 3.8) is 0 Å². The van der Waals surface area contributed by atoms with E-state index in [2.05, 4.69) is 5.32 Å². The standard InChI is InChI=1S/C20H22N2O5/c1-20(2,19(21)25)22-17(23)13-7-5-6-12(10-13)15-9-8-14(26-3)11-16(15)18(24)27-4/h5-11H,1-4H3,(H2,21,25)(H,22,23). The summed E-state index contributed by atoms with van der Waals surface area (Å²) in [5, 5.41) is 2.59. The number of rotatable bonds is 6. The summed E-state index contributed by atoms with van der Waals surface area (Å²) in [7, 11) is 2.79. The first kappa shape index (κ1) is 20.0. The minimum Gasteiger partial charge on any atom is -0.497 e. The molecule has 142 valence electrons. The van der Waals surface area contributed by atoms with Gasteiger partial charge in [0.2, 0.25) is 5.91 Å². The van der Waals surface area contributed by atoms with E-state index in [0.717, 1.165) is 0 Å². The van der Waals surface area contributed by atoms with Crippen molar-refractivity contribution in [1.29, 1.82) is 0 Å². The molecule has 3 N–H and O–H groups in total. The third-order valence-corrected chi connectivity index (χ3v) is 4.11. The van der Waals surface area contributed by atoms with Gasteiger partial charge in [0.25, 0.3) is 5.91 Å². The molecule has 0 radical (unpaired) electrons. The highest BCUT2D eigenvalue weighted by molar-refractivity contribution is 6.01. The molecule has 0 aromatic heterocycles. The Bertz CT molecular complexity index is 890. The second-order valence-electron chi connectivity index (χ2n) is 6.43. The number of hydrogen-bond acceptors (Lipinski definition) is 5. The molecule has 0 aliphatic heterocycles. The predicted octanol–water partition coefficient (Wildman–Crippen LogP) is 2.14. The molecule has 2 aromatic rings. The number of amides is 2. The Morgan fingerprint density at radius 2 is 1.74 bits per heavy atom. The first-order valence-corrected chi connectivity index (χ1v) is 8.19. The number of esters is 1. The van der Waals surface area contributed by atoms with Crippen molar-refractivity contribution in [3.05, 3.63) is 53.6 Å². The third-order valence-electron chi connectivity index (χ3n) is 4.11. The van der Waals surface area contributed by atoms with E-state index < -0.39 is 23.3 Å². The second kappa shape index (κ2) is 7.90. The van der Waals surface area contributed by atoms with Crippen LogP contribution in [0.5, 0.6) is 5.75 Å². The van der Waals surface area contributed by atoms with E-state index in [9.17, 15) is 14.4 Å². The number of carbonyl (C=O) groups is 3. The Morgan fingerprint density at radius 1 is 1.04 bits per heavy atom. The molecule has 2 aromatic carbocycles. The van der Waals surface area contributed by atoms with Gasteiger partial charge in [-0.25, -0.2) is 4.79 Å². The highest BCUT2D eigenvalue weighted by atomic mass is 16.5. The summed E-state index contributed by atoms with van der Waals surface area (Å²) in [6.07, 6.45) is 0. The molecule has 0 heterocycles. The van der Waals surface area contributed by atoms with Crippen LogP contribution in [0.3, 0.4) is 0 Å². The van der Waals surface area contributed by atoms with E-state index in [1.54, 1.807) is 42.5 Å². The van der Waals surface area contributed by atoms with E-state index in [0.29, 0.717) is 28.0 Å². The quantitative estimate of drug-likeness (QED) is 0.758. The fourth-order valence-electron chi connectivity index (χ4n) is 2.43. The number of carbonyl (C=O) groups excluding carboxylic acids is 3. The van der Waals surface area contributed by atoms with Crippen LogP contribution >= 0.6 is 0 Å². The molecule has 0 saturated heterocycles. The molecule has 0 spiro atoms. The van der Waals surface area contributed by atoms with E-state index in [-0.39, 0.29) is 0 Å². The zero-order chi connectivity index (χ0) is 20.2. The van der Waals surface area contributed by atoms with Gasteiger partial charge in [0, 0.05) is 5.56 Å². The monoisotopic (exact) mass is 370 g/mol. The number of nitrogens with two attached hydrogens (primary N) is 1. The van der Waals surface area contributed by atoms with Crippen LogP contribution in [0.1, 0.15) is 34.6 Å². The zero-order valence-electron chi connectivity index (χ0n) is 15.7. The molecule has 27 heavy (non-hydrogen) atoms. The average molecular weight is 370 g/mol. The lowest BCUT2D eigenvalue weighted by atomic mass is 9.97. The number of nitrogens with one attached hydrogen (secondary N) is 1. The first-order valence-electron chi connectivity index (χ1n) is 8.19. The fraction of sp³-hybridized carbons (Fsp3) is 0.250. The maximum absolute atomic E-state index is 12.5. The van der Waals surface area contributed by atoms with E-state index in [1.807, 2.05) is 0 Å². The summed E-state index contributed by atoms with van der Waals surface area (Å²) in [6.45, 7) is 3.05. The van der Waals surface area contributed by atoms with Crippen molar-refractivity contribution in [2.75, 3.05) is 14.2 Å². The van der Waals surface area contributed by atoms with Crippen LogP contribution in [0.4, 0.5) is 0 Å². The van der Waals surface area contributed by atoms with Crippen molar-refractivity contribution in [1.82, 2.24) is 5.32 Å². The lowest BCUT2D eigenvalue weighted by Gasteiger charge is -2.22. The topological polar surface area (TPSA) is 108 Å². The van der Waals surface area contributed by atoms with Gasteiger partial charge in [0.05, 0.1) is 19.8 Å². The molecule has 7 nitrogen and oxygen atoms in total. The first-order chi connectivity index (χ1) is 12.7. The van der Waals surface area contributed by atoms with Gasteiger partial charge in [-0.3, -0.25) is 9.59 Å². The molecular formula is C20H22N2O5. The van der Waals surface area contributed by atoms with Gasteiger partial charge in [-0.05, 0) is 55.3 Å². The van der Waals surface area contributed by atoms with Crippen LogP contribution in [0.2, 0.25) is 0 Å². The lowest BCUT2D eigenvalue weighted by Crippen LogP contribution is -2.53. The molecule has 0 aliphatic rings. The summed E-state index contributed by atoms with van der Waals surface area (Å²) in [4.78, 5) is 36.1. The molecule has 0 fully saturated rings. The second-order valence-corrected chi connectivity index (χ2v) is 6.43. The number of primary amides is 1. The number of hydrogen-bond donors (Lipinski definition) is 2. The van der Waals surface area contributed by atoms with Gasteiger partial charge in [0.1, 0.15) is 11.3 Å². The van der Waals surface area contributed by atoms with Gasteiger partial charge >= 0.3 is 5.97 Å². The highest BCUT2D eigenvalue weighted by Gasteiger charge is 2.27. The molecule has 0 saturated carbocycles. The third kappa shape index (κ3) is 4.44. The Kier molecular flexibility index (Phi) is 5.85. The Hall–Kier alpha value is -3.35. The van der Waals surface area contributed by atoms with Crippen LogP contribution in [0, 0.1) is 0 Å². The zero-order valence-corrected chi connectivity index (χ0v) is 15.7. The minimum absolute atomic E-state index is 0.312. The molecule has 0 aliphatic carbocycles. The maximum atomic E-state index is 12.5. The summed E-state index contributed by atoms with van der Waals surface area (Å²) in [6, 6.07) is 11.7. The smallest absolute Gasteiger partial charge is 0.338 e. The van der Waals surface area contributed by atoms with Crippen molar-refractivity contribution in [2.45, 2.75) is 19.4 Å². The number of methoxy groups -OCH3 is 2. The lowest BCUT2D eigenvalue weighted by molar-refractivity contribution is -0.122. The van der Waals surface area contributed by atoms with E-state index >= 15 is 0 Å². The summed E-state index contributed by atoms with van der Waals surface area (Å²) in [5.74, 6) is -1.10. The van der Waals surface area contributed by atoms with Crippen molar-refractivity contribution in [2.24, 2.45) is 5.73 Å². The van der Waals surface area contributed by atoms with Crippen LogP contribution in [0.15, 0.2) is 42.5 Å². The van der Waals surface area contributed by atoms with Crippen molar-refractivity contribution >= 4 is 17.8 Å². The molecular weight excluding hydrogens is 348 g/mol. The Labute approximate surface area is 157 Å². The molecule has 2 amide bonds. The van der Waals surface area contributed by atoms with Crippen molar-refractivity contribution < 1.29 is 23.9 Å². The van der Waals surface area contributed by atoms with Gasteiger partial charge < -0.3 is 20.5 Å². The average Bonchev–Trinajstić information content (AvgIpc) is 2.66. The minimum atomic E-state index is -1.19. The SMILES string of the molecule is COC(=O)c1cc(OC)ccc1-c1cccc(C(=O)NC(C)(C)C(N)=O)c1. The molecule has 7 heteroatoms. The van der Waals surface area contributed by atoms with E-state index in [4.69, 9.17) is 15.2 Å². The highest BCUT2D eigenvalue weighted by Crippen LogP contribution is 2.29. The van der Waals surface area contributed by atoms with Crippen LogP contribution in [-0.4, -0.2) is 37.5 Å². The summed E-state index contributed by atoms with van der Waals surface area (Å²) in [5.41, 5.74) is 5.98. The van der Waals surface area contributed by atoms with Crippen molar-refractivity contribution in [3.8, 4) is 16.9 Å². The largest absolute Gasteiger partial charge is 0.497 e. The van der Waals surface area contributed by atoms with Gasteiger partial charge in [-0.1, -0.05) is 12.1 Å². The Morgan fingerprint density at radius 3 is 2.33 bits per heavy atom. The summed E-state index contributed by atoms with van der Waals surface area (Å²) >= 11 is 0. The van der Waals surface area contributed by atoms with Crippen LogP contribution in [-0.2, 0) is 9.53 Å². The molecule has 0 bridgehead atoms. The maximum Gasteiger partial charge on any atom is 0.338 e. The Balaban J connectivity index is 2.45. The van der Waals surface area contributed by atoms with Crippen LogP contribution < -0.4 is 15.8 Å². The van der Waals surface area contributed by atoms with E-state index in [1.165, 1.54) is 28.1 Å². The normalized spacial score (nSPS) is 10.8. The molecule has 0 unspecified atom stereocenters. The van der Waals surface area contributed by atoms with Gasteiger partial charge in [0.15, 0.2) is 0 Å². The number of benzene rings is 2. The predicted molar refractivity (Wildman–Crippen MR) is 101 cm³/mol. The molecule has 0 atom stereocenters. The van der Waals surface area contributed by atoms with Gasteiger partial charge in [-0.2, -0.15) is 0 Å². The number of ether oxygens (including phenoxy) is 2. The summed E-state index contributed by atoms with van der Waals surface area (Å²) < 4.78 is 10.0. The molecule has 2 rings (SSSR count). The van der Waals surface area contributed by atoms with Crippen LogP contribution in [0.25, 0.3) is 11.1 Å². The van der Waals surface area contributed by atoms with Gasteiger partial charge in [-0.15, -0.1) is 0 Å².